The fourth-order valence-electron chi connectivity index (χ4n) is 3.46. The maximum Gasteiger partial charge on any atom is 0.348 e. The quantitative estimate of drug-likeness (QED) is 0.264. The van der Waals surface area contributed by atoms with Gasteiger partial charge in [0, 0.05) is 36.7 Å². The zero-order valence-corrected chi connectivity index (χ0v) is 18.4. The van der Waals surface area contributed by atoms with Crippen molar-refractivity contribution >= 4 is 40.1 Å². The molecule has 11 heteroatoms. The van der Waals surface area contributed by atoms with Crippen LogP contribution < -0.4 is 16.0 Å². The lowest BCUT2D eigenvalue weighted by Gasteiger charge is -2.31. The number of hydrogen-bond acceptors (Lipinski definition) is 8. The summed E-state index contributed by atoms with van der Waals surface area (Å²) in [6, 6.07) is 6.72. The highest BCUT2D eigenvalue weighted by Crippen LogP contribution is 2.35. The van der Waals surface area contributed by atoms with E-state index in [4.69, 9.17) is 11.1 Å². The summed E-state index contributed by atoms with van der Waals surface area (Å²) in [6.45, 7) is 1.39. The average Bonchev–Trinajstić information content (AvgIpc) is 3.25. The number of carboxylic acids is 1. The molecule has 0 unspecified atom stereocenters. The number of benzene rings is 1. The van der Waals surface area contributed by atoms with Gasteiger partial charge in [-0.1, -0.05) is 35.6 Å². The monoisotopic (exact) mass is 459 g/mol. The summed E-state index contributed by atoms with van der Waals surface area (Å²) >= 11 is 1.11. The first-order chi connectivity index (χ1) is 15.3. The van der Waals surface area contributed by atoms with Crippen molar-refractivity contribution in [2.75, 3.05) is 31.6 Å². The molecule has 0 bridgehead atoms. The van der Waals surface area contributed by atoms with Gasteiger partial charge in [-0.2, -0.15) is 0 Å². The van der Waals surface area contributed by atoms with Gasteiger partial charge < -0.3 is 25.8 Å². The molecule has 1 amide bonds. The number of anilines is 1. The van der Waals surface area contributed by atoms with Gasteiger partial charge in [0.2, 0.25) is 5.91 Å². The number of carbonyl (C=O) groups is 3. The summed E-state index contributed by atoms with van der Waals surface area (Å²) in [5.41, 5.74) is 7.03. The lowest BCUT2D eigenvalue weighted by Crippen LogP contribution is -2.41. The summed E-state index contributed by atoms with van der Waals surface area (Å²) < 4.78 is 4.56. The van der Waals surface area contributed by atoms with E-state index in [1.165, 1.54) is 7.11 Å². The summed E-state index contributed by atoms with van der Waals surface area (Å²) in [5, 5.41) is 20.5. The zero-order valence-electron chi connectivity index (χ0n) is 17.6. The van der Waals surface area contributed by atoms with Gasteiger partial charge in [-0.05, 0) is 12.8 Å². The Bertz CT molecular complexity index is 1010. The van der Waals surface area contributed by atoms with Crippen LogP contribution in [0.3, 0.4) is 0 Å². The van der Waals surface area contributed by atoms with E-state index in [9.17, 15) is 19.5 Å². The Kier molecular flexibility index (Phi) is 7.41. The minimum absolute atomic E-state index is 0.0637. The van der Waals surface area contributed by atoms with Crippen LogP contribution in [-0.2, 0) is 14.3 Å². The van der Waals surface area contributed by atoms with Crippen LogP contribution in [0, 0.1) is 11.3 Å². The number of carbonyl (C=O) groups excluding carboxylic acids is 2. The molecule has 1 fully saturated rings. The van der Waals surface area contributed by atoms with Crippen LogP contribution in [0.5, 0.6) is 0 Å². The van der Waals surface area contributed by atoms with Crippen molar-refractivity contribution in [1.29, 1.82) is 5.41 Å². The van der Waals surface area contributed by atoms with Gasteiger partial charge in [-0.25, -0.2) is 9.78 Å². The van der Waals surface area contributed by atoms with Crippen LogP contribution in [0.1, 0.15) is 34.5 Å². The van der Waals surface area contributed by atoms with Crippen LogP contribution in [0.4, 0.5) is 5.13 Å². The molecule has 0 aliphatic carbocycles. The van der Waals surface area contributed by atoms with Crippen LogP contribution in [0.2, 0.25) is 0 Å². The second-order valence-electron chi connectivity index (χ2n) is 7.35. The highest BCUT2D eigenvalue weighted by molar-refractivity contribution is 7.17. The predicted octanol–water partition coefficient (Wildman–Crippen LogP) is 1.69. The lowest BCUT2D eigenvalue weighted by molar-refractivity contribution is -0.140. The molecule has 1 saturated heterocycles. The van der Waals surface area contributed by atoms with Crippen molar-refractivity contribution in [3.8, 4) is 11.3 Å². The molecule has 1 aliphatic rings. The average molecular weight is 460 g/mol. The topological polar surface area (TPSA) is 159 Å². The molecule has 1 aromatic heterocycles. The Balaban J connectivity index is 1.66. The van der Waals surface area contributed by atoms with E-state index >= 15 is 0 Å². The minimum Gasteiger partial charge on any atom is -0.477 e. The van der Waals surface area contributed by atoms with Gasteiger partial charge in [-0.3, -0.25) is 15.0 Å². The Hall–Kier alpha value is -3.47. The number of amides is 1. The van der Waals surface area contributed by atoms with E-state index in [0.29, 0.717) is 47.9 Å². The van der Waals surface area contributed by atoms with Crippen molar-refractivity contribution in [1.82, 2.24) is 10.3 Å². The lowest BCUT2D eigenvalue weighted by atomic mass is 9.96. The number of nitrogen functional groups attached to an aromatic ring is 1. The van der Waals surface area contributed by atoms with Crippen LogP contribution in [0.25, 0.3) is 11.3 Å². The third-order valence-corrected chi connectivity index (χ3v) is 6.38. The van der Waals surface area contributed by atoms with E-state index in [0.717, 1.165) is 11.3 Å². The van der Waals surface area contributed by atoms with Crippen LogP contribution in [0.15, 0.2) is 24.3 Å². The second-order valence-corrected chi connectivity index (χ2v) is 8.33. The first-order valence-corrected chi connectivity index (χ1v) is 10.9. The number of piperidine rings is 1. The number of aromatic nitrogens is 1. The number of rotatable bonds is 8. The number of carboxylic acid groups (broad SMARTS) is 1. The molecule has 0 radical (unpaired) electrons. The van der Waals surface area contributed by atoms with E-state index in [1.54, 1.807) is 24.3 Å². The Labute approximate surface area is 188 Å². The number of ether oxygens (including phenoxy) is 1. The highest BCUT2D eigenvalue weighted by atomic mass is 32.1. The van der Waals surface area contributed by atoms with Crippen molar-refractivity contribution < 1.29 is 24.2 Å². The number of methoxy groups -OCH3 is 1. The Morgan fingerprint density at radius 1 is 1.28 bits per heavy atom. The molecule has 10 nitrogen and oxygen atoms in total. The molecule has 5 N–H and O–H groups in total. The highest BCUT2D eigenvalue weighted by Gasteiger charge is 2.28. The molecule has 170 valence electrons. The van der Waals surface area contributed by atoms with Gasteiger partial charge in [-0.15, -0.1) is 0 Å². The van der Waals surface area contributed by atoms with Gasteiger partial charge in [0.25, 0.3) is 0 Å². The fraction of sp³-hybridized carbons (Fsp3) is 0.381. The Morgan fingerprint density at radius 2 is 1.94 bits per heavy atom. The number of nitrogens with zero attached hydrogens (tertiary/aromatic N) is 2. The molecule has 1 aliphatic heterocycles. The van der Waals surface area contributed by atoms with Crippen LogP contribution >= 0.6 is 11.3 Å². The molecule has 1 aromatic carbocycles. The van der Waals surface area contributed by atoms with Gasteiger partial charge >= 0.3 is 11.9 Å². The third kappa shape index (κ3) is 5.41. The molecule has 2 heterocycles. The molecule has 2 aromatic rings. The van der Waals surface area contributed by atoms with Crippen molar-refractivity contribution in [2.45, 2.75) is 19.3 Å². The molecule has 3 rings (SSSR count). The maximum absolute atomic E-state index is 12.3. The van der Waals surface area contributed by atoms with Crippen molar-refractivity contribution in [3.05, 3.63) is 34.7 Å². The smallest absolute Gasteiger partial charge is 0.348 e. The first kappa shape index (κ1) is 23.2. The summed E-state index contributed by atoms with van der Waals surface area (Å²) in [6.07, 6.45) is 1.34. The van der Waals surface area contributed by atoms with E-state index in [-0.39, 0.29) is 41.5 Å². The molecular formula is C21H25N5O5S. The normalized spacial score (nSPS) is 14.1. The molecular weight excluding hydrogens is 434 g/mol. The Morgan fingerprint density at radius 3 is 2.50 bits per heavy atom. The van der Waals surface area contributed by atoms with Gasteiger partial charge in [0.05, 0.1) is 19.2 Å². The number of esters is 1. The summed E-state index contributed by atoms with van der Waals surface area (Å²) in [5.74, 6) is -1.75. The molecule has 32 heavy (non-hydrogen) atoms. The number of hydrogen-bond donors (Lipinski definition) is 4. The number of amidine groups is 1. The zero-order chi connectivity index (χ0) is 23.3. The SMILES string of the molecule is COC(=O)CCNC(=O)C1CCN(c2nc(-c3ccc(C(=N)N)cc3)c(C(=O)O)s2)CC1. The van der Waals surface area contributed by atoms with Crippen molar-refractivity contribution in [2.24, 2.45) is 11.7 Å². The molecule has 0 saturated carbocycles. The number of aromatic carboxylic acids is 1. The number of nitrogens with one attached hydrogen (secondary N) is 2. The van der Waals surface area contributed by atoms with Crippen molar-refractivity contribution in [3.63, 3.8) is 0 Å². The van der Waals surface area contributed by atoms with Gasteiger partial charge in [0.1, 0.15) is 10.7 Å². The summed E-state index contributed by atoms with van der Waals surface area (Å²) in [4.78, 5) is 42.0. The number of nitrogens with two attached hydrogens (primary N) is 1. The predicted molar refractivity (Wildman–Crippen MR) is 120 cm³/mol. The largest absolute Gasteiger partial charge is 0.477 e. The van der Waals surface area contributed by atoms with E-state index < -0.39 is 5.97 Å². The van der Waals surface area contributed by atoms with Gasteiger partial charge in [0.15, 0.2) is 5.13 Å². The maximum atomic E-state index is 12.3. The standard InChI is InChI=1S/C21H25N5O5S/c1-31-15(27)6-9-24-19(28)14-7-10-26(11-8-14)21-25-16(17(32-21)20(29)30)12-2-4-13(5-3-12)18(22)23/h2-5,14H,6-11H2,1H3,(H3,22,23)(H,24,28)(H,29,30). The first-order valence-electron chi connectivity index (χ1n) is 10.1. The van der Waals surface area contributed by atoms with E-state index in [1.807, 2.05) is 4.90 Å². The summed E-state index contributed by atoms with van der Waals surface area (Å²) in [7, 11) is 1.31. The molecule has 0 spiro atoms. The second kappa shape index (κ2) is 10.2. The van der Waals surface area contributed by atoms with Crippen LogP contribution in [-0.4, -0.2) is 60.5 Å². The minimum atomic E-state index is -1.06. The molecule has 0 atom stereocenters. The number of thiazole rings is 1. The van der Waals surface area contributed by atoms with E-state index in [2.05, 4.69) is 15.0 Å². The third-order valence-electron chi connectivity index (χ3n) is 5.27. The fourth-order valence-corrected chi connectivity index (χ4v) is 4.44.